The summed E-state index contributed by atoms with van der Waals surface area (Å²) in [4.78, 5) is 28.3. The molecule has 0 aliphatic rings. The van der Waals surface area contributed by atoms with Crippen molar-refractivity contribution in [1.82, 2.24) is 10.2 Å². The van der Waals surface area contributed by atoms with Gasteiger partial charge in [-0.3, -0.25) is 13.9 Å². The van der Waals surface area contributed by atoms with E-state index in [1.165, 1.54) is 11.9 Å². The fourth-order valence-corrected chi connectivity index (χ4v) is 5.24. The zero-order valence-electron chi connectivity index (χ0n) is 19.9. The van der Waals surface area contributed by atoms with Gasteiger partial charge in [-0.15, -0.1) is 0 Å². The number of benzene rings is 3. The average molecular weight is 593 g/mol. The maximum Gasteiger partial charge on any atom is 0.244 e. The number of anilines is 1. The molecule has 0 saturated heterocycles. The lowest BCUT2D eigenvalue weighted by Crippen LogP contribution is -2.52. The summed E-state index contributed by atoms with van der Waals surface area (Å²) < 4.78 is 27.1. The fraction of sp³-hybridized carbons (Fsp3) is 0.231. The summed E-state index contributed by atoms with van der Waals surface area (Å²) in [5.74, 6) is -0.882. The molecule has 3 rings (SSSR count). The number of halogens is 2. The topological polar surface area (TPSA) is 86.8 Å². The van der Waals surface area contributed by atoms with Crippen molar-refractivity contribution in [1.29, 1.82) is 0 Å². The van der Waals surface area contributed by atoms with Gasteiger partial charge < -0.3 is 10.2 Å². The number of hydrogen-bond donors (Lipinski definition) is 1. The van der Waals surface area contributed by atoms with E-state index in [1.807, 2.05) is 30.3 Å². The first-order valence-corrected chi connectivity index (χ1v) is 14.1. The van der Waals surface area contributed by atoms with Crippen LogP contribution in [0.15, 0.2) is 83.3 Å². The van der Waals surface area contributed by atoms with E-state index in [0.29, 0.717) is 20.7 Å². The van der Waals surface area contributed by atoms with Crippen molar-refractivity contribution in [2.45, 2.75) is 19.0 Å². The molecule has 10 heteroatoms. The highest BCUT2D eigenvalue weighted by Crippen LogP contribution is 2.24. The van der Waals surface area contributed by atoms with Crippen LogP contribution >= 0.6 is 27.5 Å². The quantitative estimate of drug-likeness (QED) is 0.381. The minimum atomic E-state index is -3.81. The minimum Gasteiger partial charge on any atom is -0.357 e. The molecule has 3 aromatic rings. The molecule has 0 saturated carbocycles. The van der Waals surface area contributed by atoms with Crippen LogP contribution in [0.4, 0.5) is 5.69 Å². The fourth-order valence-electron chi connectivity index (χ4n) is 3.80. The van der Waals surface area contributed by atoms with Crippen LogP contribution in [0.25, 0.3) is 0 Å². The Labute approximate surface area is 225 Å². The third kappa shape index (κ3) is 7.56. The van der Waals surface area contributed by atoms with Crippen LogP contribution in [-0.2, 0) is 32.6 Å². The van der Waals surface area contributed by atoms with Gasteiger partial charge in [0, 0.05) is 29.5 Å². The van der Waals surface area contributed by atoms with E-state index in [-0.39, 0.29) is 18.9 Å². The lowest BCUT2D eigenvalue weighted by molar-refractivity contribution is -0.139. The average Bonchev–Trinajstić information content (AvgIpc) is 2.84. The second-order valence-electron chi connectivity index (χ2n) is 8.22. The van der Waals surface area contributed by atoms with Crippen molar-refractivity contribution < 1.29 is 18.0 Å². The van der Waals surface area contributed by atoms with E-state index in [0.717, 1.165) is 16.1 Å². The smallest absolute Gasteiger partial charge is 0.244 e. The molecular formula is C26H27BrClN3O4S. The van der Waals surface area contributed by atoms with Crippen LogP contribution in [0.1, 0.15) is 11.1 Å². The largest absolute Gasteiger partial charge is 0.357 e. The number of sulfonamides is 1. The molecule has 0 spiro atoms. The molecule has 190 valence electrons. The number of nitrogens with zero attached hydrogens (tertiary/aromatic N) is 2. The Hall–Kier alpha value is -2.88. The summed E-state index contributed by atoms with van der Waals surface area (Å²) in [6.45, 7) is -0.404. The second kappa shape index (κ2) is 12.4. The molecule has 2 amide bonds. The number of carbonyl (C=O) groups is 2. The first-order chi connectivity index (χ1) is 17.1. The molecule has 0 aliphatic heterocycles. The Morgan fingerprint density at radius 2 is 1.64 bits per heavy atom. The van der Waals surface area contributed by atoms with Crippen LogP contribution in [0.2, 0.25) is 5.02 Å². The maximum atomic E-state index is 13.8. The summed E-state index contributed by atoms with van der Waals surface area (Å²) in [5.41, 5.74) is 1.91. The number of amides is 2. The molecule has 0 aromatic heterocycles. The van der Waals surface area contributed by atoms with Crippen molar-refractivity contribution in [2.24, 2.45) is 0 Å². The third-order valence-corrected chi connectivity index (χ3v) is 7.40. The molecule has 0 radical (unpaired) electrons. The van der Waals surface area contributed by atoms with Gasteiger partial charge in [0.05, 0.1) is 11.9 Å². The van der Waals surface area contributed by atoms with Gasteiger partial charge in [0.15, 0.2) is 0 Å². The Bertz CT molecular complexity index is 1320. The first kappa shape index (κ1) is 27.7. The van der Waals surface area contributed by atoms with Gasteiger partial charge in [-0.2, -0.15) is 0 Å². The summed E-state index contributed by atoms with van der Waals surface area (Å²) in [6.07, 6.45) is 1.30. The molecule has 36 heavy (non-hydrogen) atoms. The van der Waals surface area contributed by atoms with Gasteiger partial charge in [0.1, 0.15) is 12.6 Å². The van der Waals surface area contributed by atoms with Gasteiger partial charge >= 0.3 is 0 Å². The molecule has 0 fully saturated rings. The van der Waals surface area contributed by atoms with Gasteiger partial charge in [-0.05, 0) is 41.5 Å². The van der Waals surface area contributed by atoms with Crippen molar-refractivity contribution in [3.05, 3.63) is 99.5 Å². The Morgan fingerprint density at radius 3 is 2.25 bits per heavy atom. The van der Waals surface area contributed by atoms with E-state index in [2.05, 4.69) is 21.2 Å². The SMILES string of the molecule is CNC(=O)[C@@H](Cc1ccccc1)N(Cc1cccc(Cl)c1)C(=O)CN(c1cccc(Br)c1)S(C)(=O)=O. The second-order valence-corrected chi connectivity index (χ2v) is 11.5. The summed E-state index contributed by atoms with van der Waals surface area (Å²) in [5, 5.41) is 3.14. The molecule has 1 N–H and O–H groups in total. The van der Waals surface area contributed by atoms with Gasteiger partial charge in [-0.25, -0.2) is 8.42 Å². The molecular weight excluding hydrogens is 566 g/mol. The number of rotatable bonds is 10. The van der Waals surface area contributed by atoms with Crippen molar-refractivity contribution >= 4 is 55.1 Å². The standard InChI is InChI=1S/C26H27BrClN3O4S/c1-29-26(33)24(15-19-8-4-3-5-9-19)30(17-20-10-6-12-22(28)14-20)25(32)18-31(36(2,34)35)23-13-7-11-21(27)16-23/h3-14,16,24H,15,17-18H2,1-2H3,(H,29,33)/t24-/m1/s1. The van der Waals surface area contributed by atoms with Gasteiger partial charge in [0.25, 0.3) is 0 Å². The van der Waals surface area contributed by atoms with E-state index in [9.17, 15) is 18.0 Å². The summed E-state index contributed by atoms with van der Waals surface area (Å²) in [7, 11) is -2.30. The highest BCUT2D eigenvalue weighted by atomic mass is 79.9. The van der Waals surface area contributed by atoms with E-state index in [4.69, 9.17) is 11.6 Å². The third-order valence-electron chi connectivity index (χ3n) is 5.53. The van der Waals surface area contributed by atoms with Crippen LogP contribution in [-0.4, -0.2) is 51.0 Å². The zero-order valence-corrected chi connectivity index (χ0v) is 23.1. The molecule has 7 nitrogen and oxygen atoms in total. The minimum absolute atomic E-state index is 0.0698. The molecule has 3 aromatic carbocycles. The predicted octanol–water partition coefficient (Wildman–Crippen LogP) is 4.25. The molecule has 1 atom stereocenters. The Balaban J connectivity index is 2.03. The first-order valence-electron chi connectivity index (χ1n) is 11.1. The predicted molar refractivity (Wildman–Crippen MR) is 146 cm³/mol. The number of hydrogen-bond acceptors (Lipinski definition) is 4. The van der Waals surface area contributed by atoms with Crippen LogP contribution in [0.5, 0.6) is 0 Å². The van der Waals surface area contributed by atoms with E-state index >= 15 is 0 Å². The molecule has 0 bridgehead atoms. The zero-order chi connectivity index (χ0) is 26.3. The van der Waals surface area contributed by atoms with Crippen molar-refractivity contribution in [3.63, 3.8) is 0 Å². The van der Waals surface area contributed by atoms with Crippen molar-refractivity contribution in [2.75, 3.05) is 24.2 Å². The Morgan fingerprint density at radius 1 is 0.972 bits per heavy atom. The summed E-state index contributed by atoms with van der Waals surface area (Å²) >= 11 is 9.52. The number of likely N-dealkylation sites (N-methyl/N-ethyl adjacent to an activating group) is 1. The molecule has 0 unspecified atom stereocenters. The lowest BCUT2D eigenvalue weighted by atomic mass is 10.0. The molecule has 0 aliphatic carbocycles. The van der Waals surface area contributed by atoms with Gasteiger partial charge in [0.2, 0.25) is 21.8 Å². The Kier molecular flexibility index (Phi) is 9.53. The highest BCUT2D eigenvalue weighted by molar-refractivity contribution is 9.10. The maximum absolute atomic E-state index is 13.8. The highest BCUT2D eigenvalue weighted by Gasteiger charge is 2.32. The monoisotopic (exact) mass is 591 g/mol. The number of carbonyl (C=O) groups excluding carboxylic acids is 2. The summed E-state index contributed by atoms with van der Waals surface area (Å²) in [6, 6.07) is 22.1. The lowest BCUT2D eigenvalue weighted by Gasteiger charge is -2.33. The van der Waals surface area contributed by atoms with Crippen LogP contribution in [0.3, 0.4) is 0 Å². The normalized spacial score (nSPS) is 12.0. The van der Waals surface area contributed by atoms with Crippen LogP contribution in [0, 0.1) is 0 Å². The van der Waals surface area contributed by atoms with Crippen LogP contribution < -0.4 is 9.62 Å². The number of nitrogens with one attached hydrogen (secondary N) is 1. The van der Waals surface area contributed by atoms with E-state index < -0.39 is 28.5 Å². The van der Waals surface area contributed by atoms with Crippen molar-refractivity contribution in [3.8, 4) is 0 Å². The molecule has 0 heterocycles. The van der Waals surface area contributed by atoms with Gasteiger partial charge in [-0.1, -0.05) is 76.1 Å². The van der Waals surface area contributed by atoms with E-state index in [1.54, 1.807) is 48.5 Å².